The molecule has 0 unspecified atom stereocenters. The number of halogens is 2. The number of rotatable bonds is 4. The number of aromatic nitrogens is 1. The van der Waals surface area contributed by atoms with Gasteiger partial charge >= 0.3 is 0 Å². The van der Waals surface area contributed by atoms with Crippen molar-refractivity contribution in [1.82, 2.24) is 10.3 Å². The van der Waals surface area contributed by atoms with E-state index in [-0.39, 0.29) is 11.0 Å². The predicted molar refractivity (Wildman–Crippen MR) is 111 cm³/mol. The van der Waals surface area contributed by atoms with E-state index in [2.05, 4.69) is 54.1 Å². The van der Waals surface area contributed by atoms with Crippen molar-refractivity contribution in [3.63, 3.8) is 0 Å². The van der Waals surface area contributed by atoms with Crippen LogP contribution in [0.4, 0.5) is 5.82 Å². The van der Waals surface area contributed by atoms with Gasteiger partial charge in [0.2, 0.25) is 0 Å². The molecule has 1 amide bonds. The number of hydrogen-bond acceptors (Lipinski definition) is 4. The zero-order valence-corrected chi connectivity index (χ0v) is 17.6. The van der Waals surface area contributed by atoms with Gasteiger partial charge in [-0.05, 0) is 94.9 Å². The maximum atomic E-state index is 12.3. The summed E-state index contributed by atoms with van der Waals surface area (Å²) in [6, 6.07) is 8.85. The Morgan fingerprint density at radius 1 is 1.38 bits per heavy atom. The van der Waals surface area contributed by atoms with Crippen LogP contribution in [0.1, 0.15) is 23.0 Å². The number of pyridine rings is 1. The van der Waals surface area contributed by atoms with Crippen LogP contribution in [0, 0.1) is 10.5 Å². The molecule has 2 N–H and O–H groups in total. The third-order valence-corrected chi connectivity index (χ3v) is 4.95. The van der Waals surface area contributed by atoms with Gasteiger partial charge in [-0.1, -0.05) is 0 Å². The molecule has 0 spiro atoms. The number of aryl methyl sites for hydroxylation is 1. The van der Waals surface area contributed by atoms with Crippen LogP contribution in [-0.2, 0) is 0 Å². The topological polar surface area (TPSA) is 63.2 Å². The van der Waals surface area contributed by atoms with Crippen LogP contribution in [-0.4, -0.2) is 22.6 Å². The fraction of sp³-hybridized carbons (Fsp3) is 0.188. The van der Waals surface area contributed by atoms with E-state index in [0.717, 1.165) is 9.26 Å². The second kappa shape index (κ2) is 8.72. The molecule has 0 saturated heterocycles. The lowest BCUT2D eigenvalue weighted by Crippen LogP contribution is -2.34. The number of carbonyl (C=O) groups is 1. The van der Waals surface area contributed by atoms with Crippen molar-refractivity contribution in [3.8, 4) is 5.75 Å². The lowest BCUT2D eigenvalue weighted by atomic mass is 10.2. The Hall–Kier alpha value is -1.26. The molecule has 0 aliphatic heterocycles. The van der Waals surface area contributed by atoms with Gasteiger partial charge in [0, 0.05) is 9.13 Å². The first-order chi connectivity index (χ1) is 11.4. The van der Waals surface area contributed by atoms with E-state index < -0.39 is 0 Å². The van der Waals surface area contributed by atoms with E-state index in [0.29, 0.717) is 28.2 Å². The normalized spacial score (nSPS) is 10.2. The van der Waals surface area contributed by atoms with Crippen LogP contribution >= 0.6 is 50.7 Å². The molecule has 0 fully saturated rings. The Kier molecular flexibility index (Phi) is 6.93. The number of nitrogens with one attached hydrogen (secondary N) is 2. The van der Waals surface area contributed by atoms with E-state index in [1.165, 1.54) is 0 Å². The van der Waals surface area contributed by atoms with Crippen molar-refractivity contribution in [3.05, 3.63) is 49.6 Å². The lowest BCUT2D eigenvalue weighted by Gasteiger charge is -2.11. The number of hydrogen-bond donors (Lipinski definition) is 2. The molecule has 0 bridgehead atoms. The molecule has 1 heterocycles. The quantitative estimate of drug-likeness (QED) is 0.466. The summed E-state index contributed by atoms with van der Waals surface area (Å²) in [5.41, 5.74) is 1.37. The molecule has 0 saturated carbocycles. The Morgan fingerprint density at radius 3 is 2.75 bits per heavy atom. The predicted octanol–water partition coefficient (Wildman–Crippen LogP) is 4.28. The van der Waals surface area contributed by atoms with Gasteiger partial charge in [0.15, 0.2) is 5.11 Å². The molecular weight excluding hydrogens is 505 g/mol. The number of benzene rings is 1. The van der Waals surface area contributed by atoms with Gasteiger partial charge in [-0.3, -0.25) is 10.1 Å². The minimum Gasteiger partial charge on any atom is -0.493 e. The van der Waals surface area contributed by atoms with Gasteiger partial charge in [-0.25, -0.2) is 4.98 Å². The van der Waals surface area contributed by atoms with Crippen LogP contribution in [0.3, 0.4) is 0 Å². The third-order valence-electron chi connectivity index (χ3n) is 2.98. The van der Waals surface area contributed by atoms with Crippen molar-refractivity contribution < 1.29 is 9.53 Å². The molecule has 8 heteroatoms. The fourth-order valence-corrected chi connectivity index (χ4v) is 2.84. The fourth-order valence-electron chi connectivity index (χ4n) is 1.85. The average molecular weight is 520 g/mol. The zero-order valence-electron chi connectivity index (χ0n) is 13.0. The van der Waals surface area contributed by atoms with E-state index >= 15 is 0 Å². The third kappa shape index (κ3) is 5.12. The highest BCUT2D eigenvalue weighted by Gasteiger charge is 2.11. The smallest absolute Gasteiger partial charge is 0.257 e. The van der Waals surface area contributed by atoms with Crippen molar-refractivity contribution in [2.24, 2.45) is 0 Å². The average Bonchev–Trinajstić information content (AvgIpc) is 2.53. The summed E-state index contributed by atoms with van der Waals surface area (Å²) in [4.78, 5) is 16.6. The molecule has 126 valence electrons. The highest BCUT2D eigenvalue weighted by molar-refractivity contribution is 14.1. The Bertz CT molecular complexity index is 786. The van der Waals surface area contributed by atoms with Crippen molar-refractivity contribution in [1.29, 1.82) is 0 Å². The molecule has 2 aromatic rings. The van der Waals surface area contributed by atoms with E-state index in [1.54, 1.807) is 24.3 Å². The molecule has 1 aromatic carbocycles. The van der Waals surface area contributed by atoms with E-state index in [1.807, 2.05) is 19.9 Å². The first-order valence-electron chi connectivity index (χ1n) is 7.08. The minimum atomic E-state index is -0.307. The second-order valence-electron chi connectivity index (χ2n) is 4.75. The van der Waals surface area contributed by atoms with Crippen molar-refractivity contribution in [2.75, 3.05) is 11.9 Å². The number of anilines is 1. The summed E-state index contributed by atoms with van der Waals surface area (Å²) in [5.74, 6) is 0.970. The zero-order chi connectivity index (χ0) is 17.7. The largest absolute Gasteiger partial charge is 0.493 e. The Balaban J connectivity index is 2.02. The maximum Gasteiger partial charge on any atom is 0.257 e. The van der Waals surface area contributed by atoms with E-state index in [9.17, 15) is 4.79 Å². The van der Waals surface area contributed by atoms with Crippen molar-refractivity contribution in [2.45, 2.75) is 13.8 Å². The van der Waals surface area contributed by atoms with Crippen LogP contribution < -0.4 is 15.4 Å². The van der Waals surface area contributed by atoms with Gasteiger partial charge in [0.05, 0.1) is 16.8 Å². The highest BCUT2D eigenvalue weighted by Crippen LogP contribution is 2.26. The number of thiocarbonyl (C=S) groups is 1. The first-order valence-corrected chi connectivity index (χ1v) is 9.36. The van der Waals surface area contributed by atoms with Crippen molar-refractivity contribution >= 4 is 67.6 Å². The van der Waals surface area contributed by atoms with Gasteiger partial charge in [-0.15, -0.1) is 0 Å². The molecule has 0 radical (unpaired) electrons. The summed E-state index contributed by atoms with van der Waals surface area (Å²) in [6.07, 6.45) is 0. The molecule has 0 atom stereocenters. The number of carbonyl (C=O) groups excluding carboxylic acids is 1. The van der Waals surface area contributed by atoms with Gasteiger partial charge < -0.3 is 10.1 Å². The van der Waals surface area contributed by atoms with Gasteiger partial charge in [0.25, 0.3) is 5.91 Å². The van der Waals surface area contributed by atoms with Gasteiger partial charge in [0.1, 0.15) is 11.6 Å². The number of nitrogens with zero attached hydrogens (tertiary/aromatic N) is 1. The molecule has 24 heavy (non-hydrogen) atoms. The number of amides is 1. The van der Waals surface area contributed by atoms with Crippen LogP contribution in [0.25, 0.3) is 0 Å². The molecule has 2 rings (SSSR count). The monoisotopic (exact) mass is 519 g/mol. The summed E-state index contributed by atoms with van der Waals surface area (Å²) in [5, 5.41) is 5.73. The molecule has 1 aromatic heterocycles. The minimum absolute atomic E-state index is 0.193. The Morgan fingerprint density at radius 2 is 2.12 bits per heavy atom. The van der Waals surface area contributed by atoms with E-state index in [4.69, 9.17) is 17.0 Å². The first kappa shape index (κ1) is 19.1. The second-order valence-corrected chi connectivity index (χ2v) is 7.17. The molecular formula is C16H15BrIN3O2S. The summed E-state index contributed by atoms with van der Waals surface area (Å²) >= 11 is 10.8. The maximum absolute atomic E-state index is 12.3. The lowest BCUT2D eigenvalue weighted by molar-refractivity contribution is 0.0977. The van der Waals surface area contributed by atoms with Crippen LogP contribution in [0.2, 0.25) is 0 Å². The summed E-state index contributed by atoms with van der Waals surface area (Å²) in [6.45, 7) is 4.37. The summed E-state index contributed by atoms with van der Waals surface area (Å²) in [7, 11) is 0. The standard InChI is InChI=1S/C16H15BrIN3O2S/c1-3-23-13-6-4-10(8-11(13)17)15(22)21-16(24)20-14-7-5-12(18)9(2)19-14/h4-8H,3H2,1-2H3,(H2,19,20,21,22,24). The molecule has 0 aliphatic carbocycles. The number of ether oxygens (including phenoxy) is 1. The molecule has 0 aliphatic rings. The SMILES string of the molecule is CCOc1ccc(C(=O)NC(=S)Nc2ccc(I)c(C)n2)cc1Br. The Labute approximate surface area is 167 Å². The van der Waals surface area contributed by atoms with Crippen LogP contribution in [0.5, 0.6) is 5.75 Å². The molecule has 5 nitrogen and oxygen atoms in total. The van der Waals surface area contributed by atoms with Crippen LogP contribution in [0.15, 0.2) is 34.8 Å². The van der Waals surface area contributed by atoms with Gasteiger partial charge in [-0.2, -0.15) is 0 Å². The summed E-state index contributed by atoms with van der Waals surface area (Å²) < 4.78 is 7.20. The highest BCUT2D eigenvalue weighted by atomic mass is 127.